The third-order valence-electron chi connectivity index (χ3n) is 1.91. The van der Waals surface area contributed by atoms with Gasteiger partial charge in [-0.25, -0.2) is 4.79 Å². The van der Waals surface area contributed by atoms with E-state index in [-0.39, 0.29) is 6.61 Å². The Kier molecular flexibility index (Phi) is 4.95. The SMILES string of the molecule is CCOC(=O)C(NCC(F)(F)F)c1ccsc1. The summed E-state index contributed by atoms with van der Waals surface area (Å²) >= 11 is 1.31. The summed E-state index contributed by atoms with van der Waals surface area (Å²) in [5, 5.41) is 5.46. The number of ether oxygens (including phenoxy) is 1. The molecule has 7 heteroatoms. The second kappa shape index (κ2) is 6.02. The first kappa shape index (κ1) is 14.0. The van der Waals surface area contributed by atoms with Gasteiger partial charge in [0, 0.05) is 0 Å². The molecule has 1 aromatic heterocycles. The van der Waals surface area contributed by atoms with E-state index in [1.807, 2.05) is 0 Å². The smallest absolute Gasteiger partial charge is 0.401 e. The van der Waals surface area contributed by atoms with Gasteiger partial charge in [0.15, 0.2) is 0 Å². The number of hydrogen-bond donors (Lipinski definition) is 1. The van der Waals surface area contributed by atoms with Gasteiger partial charge < -0.3 is 4.74 Å². The van der Waals surface area contributed by atoms with Crippen LogP contribution in [0.1, 0.15) is 18.5 Å². The van der Waals surface area contributed by atoms with Crippen LogP contribution in [-0.4, -0.2) is 25.3 Å². The molecule has 0 aliphatic carbocycles. The highest BCUT2D eigenvalue weighted by Gasteiger charge is 2.31. The van der Waals surface area contributed by atoms with Crippen molar-refractivity contribution < 1.29 is 22.7 Å². The summed E-state index contributed by atoms with van der Waals surface area (Å²) in [5.74, 6) is -0.699. The van der Waals surface area contributed by atoms with Crippen LogP contribution < -0.4 is 5.32 Å². The van der Waals surface area contributed by atoms with Crippen LogP contribution in [0.3, 0.4) is 0 Å². The van der Waals surface area contributed by atoms with E-state index >= 15 is 0 Å². The number of esters is 1. The molecule has 0 amide bonds. The maximum Gasteiger partial charge on any atom is 0.401 e. The van der Waals surface area contributed by atoms with Crippen LogP contribution in [0.15, 0.2) is 16.8 Å². The van der Waals surface area contributed by atoms with Gasteiger partial charge in [-0.15, -0.1) is 0 Å². The quantitative estimate of drug-likeness (QED) is 0.833. The number of nitrogens with one attached hydrogen (secondary N) is 1. The summed E-state index contributed by atoms with van der Waals surface area (Å²) in [7, 11) is 0. The lowest BCUT2D eigenvalue weighted by molar-refractivity contribution is -0.149. The molecule has 0 spiro atoms. The maximum absolute atomic E-state index is 12.1. The van der Waals surface area contributed by atoms with Crippen molar-refractivity contribution in [1.29, 1.82) is 0 Å². The Morgan fingerprint density at radius 1 is 1.59 bits per heavy atom. The van der Waals surface area contributed by atoms with Crippen molar-refractivity contribution in [1.82, 2.24) is 5.32 Å². The van der Waals surface area contributed by atoms with Gasteiger partial charge in [0.1, 0.15) is 6.04 Å². The number of thiophene rings is 1. The third-order valence-corrected chi connectivity index (χ3v) is 2.61. The van der Waals surface area contributed by atoms with Crippen molar-refractivity contribution in [3.63, 3.8) is 0 Å². The first-order valence-electron chi connectivity index (χ1n) is 4.93. The van der Waals surface area contributed by atoms with Crippen LogP contribution >= 0.6 is 11.3 Å². The van der Waals surface area contributed by atoms with E-state index in [2.05, 4.69) is 5.32 Å². The van der Waals surface area contributed by atoms with Gasteiger partial charge in [-0.3, -0.25) is 5.32 Å². The summed E-state index contributed by atoms with van der Waals surface area (Å²) in [6.07, 6.45) is -4.36. The van der Waals surface area contributed by atoms with Gasteiger partial charge in [0.25, 0.3) is 0 Å². The van der Waals surface area contributed by atoms with E-state index in [0.717, 1.165) is 0 Å². The van der Waals surface area contributed by atoms with Crippen molar-refractivity contribution in [3.8, 4) is 0 Å². The molecule has 1 unspecified atom stereocenters. The van der Waals surface area contributed by atoms with E-state index in [1.165, 1.54) is 11.3 Å². The third kappa shape index (κ3) is 4.74. The van der Waals surface area contributed by atoms with E-state index in [9.17, 15) is 18.0 Å². The standard InChI is InChI=1S/C10H12F3NO2S/c1-2-16-9(15)8(7-3-4-17-5-7)14-6-10(11,12)13/h3-5,8,14H,2,6H2,1H3. The van der Waals surface area contributed by atoms with Gasteiger partial charge >= 0.3 is 12.1 Å². The summed E-state index contributed by atoms with van der Waals surface area (Å²) in [6, 6.07) is 0.526. The molecule has 1 N–H and O–H groups in total. The Morgan fingerprint density at radius 3 is 2.76 bits per heavy atom. The molecule has 0 saturated heterocycles. The fraction of sp³-hybridized carbons (Fsp3) is 0.500. The molecular weight excluding hydrogens is 255 g/mol. The average Bonchev–Trinajstić information content (AvgIpc) is 2.70. The molecule has 0 aliphatic rings. The zero-order valence-electron chi connectivity index (χ0n) is 9.08. The first-order valence-corrected chi connectivity index (χ1v) is 5.87. The zero-order valence-corrected chi connectivity index (χ0v) is 9.90. The Bertz CT molecular complexity index is 351. The Labute approximate surface area is 101 Å². The van der Waals surface area contributed by atoms with Gasteiger partial charge in [-0.1, -0.05) is 0 Å². The minimum Gasteiger partial charge on any atom is -0.465 e. The van der Waals surface area contributed by atoms with Gasteiger partial charge in [0.2, 0.25) is 0 Å². The molecule has 1 rings (SSSR count). The number of carbonyl (C=O) groups is 1. The molecule has 0 radical (unpaired) electrons. The molecule has 0 aromatic carbocycles. The van der Waals surface area contributed by atoms with Crippen molar-refractivity contribution in [2.75, 3.05) is 13.2 Å². The summed E-state index contributed by atoms with van der Waals surface area (Å²) in [6.45, 7) is 0.506. The zero-order chi connectivity index (χ0) is 12.9. The molecule has 0 bridgehead atoms. The Morgan fingerprint density at radius 2 is 2.29 bits per heavy atom. The molecule has 96 valence electrons. The average molecular weight is 267 g/mol. The normalized spacial score (nSPS) is 13.4. The minimum atomic E-state index is -4.36. The molecule has 17 heavy (non-hydrogen) atoms. The molecule has 0 saturated carbocycles. The number of hydrogen-bond acceptors (Lipinski definition) is 4. The van der Waals surface area contributed by atoms with Crippen LogP contribution in [0.25, 0.3) is 0 Å². The highest BCUT2D eigenvalue weighted by atomic mass is 32.1. The molecule has 1 heterocycles. The molecule has 0 aliphatic heterocycles. The second-order valence-electron chi connectivity index (χ2n) is 3.24. The summed E-state index contributed by atoms with van der Waals surface area (Å²) in [5.41, 5.74) is 0.484. The minimum absolute atomic E-state index is 0.132. The molecule has 1 aromatic rings. The van der Waals surface area contributed by atoms with Crippen molar-refractivity contribution in [3.05, 3.63) is 22.4 Å². The summed E-state index contributed by atoms with van der Waals surface area (Å²) < 4.78 is 41.0. The van der Waals surface area contributed by atoms with E-state index < -0.39 is 24.7 Å². The highest BCUT2D eigenvalue weighted by molar-refractivity contribution is 7.08. The number of halogens is 3. The van der Waals surface area contributed by atoms with Crippen LogP contribution in [0.5, 0.6) is 0 Å². The van der Waals surface area contributed by atoms with E-state index in [0.29, 0.717) is 5.56 Å². The fourth-order valence-electron chi connectivity index (χ4n) is 1.22. The molecular formula is C10H12F3NO2S. The van der Waals surface area contributed by atoms with Crippen LogP contribution in [0.4, 0.5) is 13.2 Å². The first-order chi connectivity index (χ1) is 7.94. The lowest BCUT2D eigenvalue weighted by Gasteiger charge is -2.17. The fourth-order valence-corrected chi connectivity index (χ4v) is 1.91. The lowest BCUT2D eigenvalue weighted by atomic mass is 10.1. The van der Waals surface area contributed by atoms with E-state index in [1.54, 1.807) is 23.8 Å². The second-order valence-corrected chi connectivity index (χ2v) is 4.02. The summed E-state index contributed by atoms with van der Waals surface area (Å²) in [4.78, 5) is 11.5. The van der Waals surface area contributed by atoms with Crippen molar-refractivity contribution >= 4 is 17.3 Å². The maximum atomic E-state index is 12.1. The predicted octanol–water partition coefficient (Wildman–Crippen LogP) is 2.50. The van der Waals surface area contributed by atoms with Crippen LogP contribution in [0.2, 0.25) is 0 Å². The molecule has 0 fully saturated rings. The predicted molar refractivity (Wildman–Crippen MR) is 57.8 cm³/mol. The van der Waals surface area contributed by atoms with E-state index in [4.69, 9.17) is 4.74 Å². The lowest BCUT2D eigenvalue weighted by Crippen LogP contribution is -2.36. The Hall–Kier alpha value is -1.08. The number of carbonyl (C=O) groups excluding carboxylic acids is 1. The van der Waals surface area contributed by atoms with Crippen LogP contribution in [-0.2, 0) is 9.53 Å². The number of rotatable bonds is 5. The van der Waals surface area contributed by atoms with Crippen molar-refractivity contribution in [2.24, 2.45) is 0 Å². The molecule has 1 atom stereocenters. The van der Waals surface area contributed by atoms with Gasteiger partial charge in [-0.05, 0) is 29.3 Å². The Balaban J connectivity index is 2.70. The largest absolute Gasteiger partial charge is 0.465 e. The highest BCUT2D eigenvalue weighted by Crippen LogP contribution is 2.20. The monoisotopic (exact) mass is 267 g/mol. The van der Waals surface area contributed by atoms with Gasteiger partial charge in [-0.2, -0.15) is 24.5 Å². The molecule has 3 nitrogen and oxygen atoms in total. The number of alkyl halides is 3. The topological polar surface area (TPSA) is 38.3 Å². The van der Waals surface area contributed by atoms with Gasteiger partial charge in [0.05, 0.1) is 13.2 Å². The van der Waals surface area contributed by atoms with Crippen molar-refractivity contribution in [2.45, 2.75) is 19.1 Å². The van der Waals surface area contributed by atoms with Crippen LogP contribution in [0, 0.1) is 0 Å².